The van der Waals surface area contributed by atoms with Gasteiger partial charge in [0.25, 0.3) is 0 Å². The Hall–Kier alpha value is -0.240. The van der Waals surface area contributed by atoms with E-state index in [1.165, 1.54) is 77.0 Å². The Labute approximate surface area is 184 Å². The third-order valence-electron chi connectivity index (χ3n) is 6.29. The van der Waals surface area contributed by atoms with Gasteiger partial charge in [0.2, 0.25) is 0 Å². The van der Waals surface area contributed by atoms with Crippen LogP contribution in [0.1, 0.15) is 103 Å². The minimum absolute atomic E-state index is 0.359. The maximum absolute atomic E-state index is 10.0. The Morgan fingerprint density at radius 2 is 1.07 bits per heavy atom. The van der Waals surface area contributed by atoms with E-state index in [0.717, 1.165) is 25.9 Å². The molecule has 30 heavy (non-hydrogen) atoms. The van der Waals surface area contributed by atoms with E-state index in [1.54, 1.807) is 0 Å². The average molecular weight is 432 g/mol. The fourth-order valence-corrected chi connectivity index (χ4v) is 4.23. The molecule has 0 aromatic heterocycles. The normalized spacial score (nSPS) is 26.9. The van der Waals surface area contributed by atoms with Crippen LogP contribution < -0.4 is 5.32 Å². The third kappa shape index (κ3) is 12.0. The van der Waals surface area contributed by atoms with Gasteiger partial charge in [-0.3, -0.25) is 0 Å². The molecule has 6 heteroatoms. The summed E-state index contributed by atoms with van der Waals surface area (Å²) in [7, 11) is 0. The molecule has 0 aromatic rings. The molecule has 1 fully saturated rings. The largest absolute Gasteiger partial charge is 0.394 e. The molecule has 180 valence electrons. The highest BCUT2D eigenvalue weighted by atomic mass is 16.5. The van der Waals surface area contributed by atoms with Crippen molar-refractivity contribution in [2.75, 3.05) is 19.7 Å². The molecule has 0 unspecified atom stereocenters. The summed E-state index contributed by atoms with van der Waals surface area (Å²) in [6, 6.07) is 0. The summed E-state index contributed by atoms with van der Waals surface area (Å²) in [5.41, 5.74) is 0. The van der Waals surface area contributed by atoms with E-state index in [2.05, 4.69) is 12.2 Å². The lowest BCUT2D eigenvalue weighted by Gasteiger charge is -2.40. The van der Waals surface area contributed by atoms with Gasteiger partial charge in [-0.1, -0.05) is 77.6 Å². The Bertz CT molecular complexity index is 383. The van der Waals surface area contributed by atoms with Crippen molar-refractivity contribution in [1.82, 2.24) is 5.32 Å². The zero-order chi connectivity index (χ0) is 22.0. The molecule has 0 aromatic carbocycles. The van der Waals surface area contributed by atoms with E-state index < -0.39 is 30.5 Å². The molecule has 1 rings (SSSR count). The van der Waals surface area contributed by atoms with Gasteiger partial charge in [-0.2, -0.15) is 0 Å². The Kier molecular flexibility index (Phi) is 17.0. The van der Waals surface area contributed by atoms with Gasteiger partial charge >= 0.3 is 0 Å². The van der Waals surface area contributed by atoms with Gasteiger partial charge < -0.3 is 30.5 Å². The van der Waals surface area contributed by atoms with Crippen LogP contribution in [-0.4, -0.2) is 70.6 Å². The first-order chi connectivity index (χ1) is 14.6. The highest BCUT2D eigenvalue weighted by Gasteiger charge is 2.42. The fourth-order valence-electron chi connectivity index (χ4n) is 4.23. The maximum atomic E-state index is 10.0. The van der Waals surface area contributed by atoms with E-state index in [9.17, 15) is 20.4 Å². The second-order valence-corrected chi connectivity index (χ2v) is 9.00. The van der Waals surface area contributed by atoms with Crippen LogP contribution in [0, 0.1) is 0 Å². The highest BCUT2D eigenvalue weighted by Crippen LogP contribution is 2.24. The van der Waals surface area contributed by atoms with Crippen LogP contribution >= 0.6 is 0 Å². The van der Waals surface area contributed by atoms with Gasteiger partial charge in [0.05, 0.1) is 12.7 Å². The van der Waals surface area contributed by atoms with E-state index in [0.29, 0.717) is 6.42 Å². The second kappa shape index (κ2) is 18.3. The average Bonchev–Trinajstić information content (AvgIpc) is 2.75. The SMILES string of the molecule is CCCCCCCCCCCCCCNCCCC[C@@H]1O[C@H](CO)[C@@H](O)[C@H](O)[C@H]1O. The number of hydrogen-bond acceptors (Lipinski definition) is 6. The summed E-state index contributed by atoms with van der Waals surface area (Å²) in [6.45, 7) is 3.90. The number of aliphatic hydroxyl groups excluding tert-OH is 4. The summed E-state index contributed by atoms with van der Waals surface area (Å²) in [6.07, 6.45) is 13.9. The summed E-state index contributed by atoms with van der Waals surface area (Å²) >= 11 is 0. The molecule has 0 spiro atoms. The smallest absolute Gasteiger partial charge is 0.111 e. The Morgan fingerprint density at radius 3 is 1.60 bits per heavy atom. The van der Waals surface area contributed by atoms with Crippen LogP contribution in [0.2, 0.25) is 0 Å². The number of nitrogens with one attached hydrogen (secondary N) is 1. The van der Waals surface area contributed by atoms with E-state index in [1.807, 2.05) is 0 Å². The predicted molar refractivity (Wildman–Crippen MR) is 122 cm³/mol. The van der Waals surface area contributed by atoms with Crippen molar-refractivity contribution in [1.29, 1.82) is 0 Å². The number of ether oxygens (including phenoxy) is 1. The van der Waals surface area contributed by atoms with Gasteiger partial charge in [0.1, 0.15) is 24.4 Å². The monoisotopic (exact) mass is 431 g/mol. The van der Waals surface area contributed by atoms with Crippen LogP contribution in [-0.2, 0) is 4.74 Å². The molecular weight excluding hydrogens is 382 g/mol. The van der Waals surface area contributed by atoms with E-state index in [-0.39, 0.29) is 6.61 Å². The first-order valence-electron chi connectivity index (χ1n) is 12.6. The van der Waals surface area contributed by atoms with Gasteiger partial charge in [0, 0.05) is 0 Å². The standard InChI is InChI=1S/C24H49NO5/c1-2-3-4-5-6-7-8-9-10-11-12-14-17-25-18-15-13-16-20-22(27)24(29)23(28)21(19-26)30-20/h20-29H,2-19H2,1H3/t20-,21+,22-,23+,24+/m0/s1. The van der Waals surface area contributed by atoms with Crippen molar-refractivity contribution in [3.8, 4) is 0 Å². The van der Waals surface area contributed by atoms with Crippen LogP contribution in [0.4, 0.5) is 0 Å². The van der Waals surface area contributed by atoms with Gasteiger partial charge in [-0.05, 0) is 38.8 Å². The number of hydrogen-bond donors (Lipinski definition) is 5. The van der Waals surface area contributed by atoms with Gasteiger partial charge in [0.15, 0.2) is 0 Å². The molecule has 5 N–H and O–H groups in total. The number of aliphatic hydroxyl groups is 4. The lowest BCUT2D eigenvalue weighted by Crippen LogP contribution is -2.58. The van der Waals surface area contributed by atoms with Crippen molar-refractivity contribution in [3.63, 3.8) is 0 Å². The molecule has 5 atom stereocenters. The van der Waals surface area contributed by atoms with Crippen molar-refractivity contribution < 1.29 is 25.2 Å². The Morgan fingerprint density at radius 1 is 0.600 bits per heavy atom. The van der Waals surface area contributed by atoms with Crippen molar-refractivity contribution >= 4 is 0 Å². The molecule has 1 heterocycles. The number of unbranched alkanes of at least 4 members (excludes halogenated alkanes) is 12. The quantitative estimate of drug-likeness (QED) is 0.201. The summed E-state index contributed by atoms with van der Waals surface area (Å²) in [5.74, 6) is 0. The fraction of sp³-hybridized carbons (Fsp3) is 1.00. The first kappa shape index (κ1) is 27.8. The topological polar surface area (TPSA) is 102 Å². The van der Waals surface area contributed by atoms with Crippen LogP contribution in [0.15, 0.2) is 0 Å². The van der Waals surface area contributed by atoms with Crippen molar-refractivity contribution in [2.24, 2.45) is 0 Å². The zero-order valence-electron chi connectivity index (χ0n) is 19.3. The number of rotatable bonds is 19. The molecule has 0 amide bonds. The van der Waals surface area contributed by atoms with E-state index in [4.69, 9.17) is 4.74 Å². The van der Waals surface area contributed by atoms with Crippen molar-refractivity contribution in [3.05, 3.63) is 0 Å². The second-order valence-electron chi connectivity index (χ2n) is 9.00. The lowest BCUT2D eigenvalue weighted by molar-refractivity contribution is -0.230. The maximum Gasteiger partial charge on any atom is 0.111 e. The molecule has 1 aliphatic heterocycles. The molecule has 1 aliphatic rings. The third-order valence-corrected chi connectivity index (χ3v) is 6.29. The highest BCUT2D eigenvalue weighted by molar-refractivity contribution is 4.91. The molecule has 0 aliphatic carbocycles. The van der Waals surface area contributed by atoms with Gasteiger partial charge in [-0.15, -0.1) is 0 Å². The Balaban J connectivity index is 1.85. The zero-order valence-corrected chi connectivity index (χ0v) is 19.3. The summed E-state index contributed by atoms with van der Waals surface area (Å²) < 4.78 is 5.53. The summed E-state index contributed by atoms with van der Waals surface area (Å²) in [4.78, 5) is 0. The molecule has 0 radical (unpaired) electrons. The minimum Gasteiger partial charge on any atom is -0.394 e. The molecule has 1 saturated heterocycles. The first-order valence-corrected chi connectivity index (χ1v) is 12.6. The minimum atomic E-state index is -1.26. The van der Waals surface area contributed by atoms with Crippen LogP contribution in [0.3, 0.4) is 0 Å². The molecule has 0 saturated carbocycles. The van der Waals surface area contributed by atoms with E-state index >= 15 is 0 Å². The predicted octanol–water partition coefficient (Wildman–Crippen LogP) is 3.29. The summed E-state index contributed by atoms with van der Waals surface area (Å²) in [5, 5.41) is 42.3. The molecule has 6 nitrogen and oxygen atoms in total. The molecular formula is C24H49NO5. The van der Waals surface area contributed by atoms with Crippen LogP contribution in [0.5, 0.6) is 0 Å². The van der Waals surface area contributed by atoms with Gasteiger partial charge in [-0.25, -0.2) is 0 Å². The van der Waals surface area contributed by atoms with Crippen LogP contribution in [0.25, 0.3) is 0 Å². The van der Waals surface area contributed by atoms with Crippen molar-refractivity contribution in [2.45, 2.75) is 134 Å². The molecule has 0 bridgehead atoms. The lowest BCUT2D eigenvalue weighted by atomic mass is 9.92.